The first kappa shape index (κ1) is 9.27. The molecule has 1 rings (SSSR count). The molecule has 0 unspecified atom stereocenters. The predicted octanol–water partition coefficient (Wildman–Crippen LogP) is 3.01. The Balaban J connectivity index is 2.59. The Hall–Kier alpha value is -0.820. The van der Waals surface area contributed by atoms with Gasteiger partial charge in [0, 0.05) is 0 Å². The molecule has 12 heavy (non-hydrogen) atoms. The molecule has 0 bridgehead atoms. The van der Waals surface area contributed by atoms with Crippen molar-refractivity contribution in [2.45, 2.75) is 26.9 Å². The molecule has 1 radical (unpaired) electrons. The van der Waals surface area contributed by atoms with Crippen molar-refractivity contribution in [3.8, 4) is 0 Å². The summed E-state index contributed by atoms with van der Waals surface area (Å²) >= 11 is 0. The van der Waals surface area contributed by atoms with Gasteiger partial charge in [-0.05, 0) is 26.3 Å². The van der Waals surface area contributed by atoms with Crippen LogP contribution in [0.5, 0.6) is 0 Å². The summed E-state index contributed by atoms with van der Waals surface area (Å²) in [6, 6.07) is 10.1. The summed E-state index contributed by atoms with van der Waals surface area (Å²) in [6.45, 7) is 6.06. The van der Waals surface area contributed by atoms with Gasteiger partial charge in [0.25, 0.3) is 0 Å². The molecule has 1 nitrogen and oxygen atoms in total. The molecule has 1 aromatic rings. The van der Waals surface area contributed by atoms with E-state index in [1.165, 1.54) is 0 Å². The van der Waals surface area contributed by atoms with E-state index in [0.717, 1.165) is 11.7 Å². The van der Waals surface area contributed by atoms with Crippen LogP contribution in [0.2, 0.25) is 0 Å². The van der Waals surface area contributed by atoms with Crippen LogP contribution in [0.25, 0.3) is 0 Å². The fourth-order valence-corrected chi connectivity index (χ4v) is 1.09. The lowest BCUT2D eigenvalue weighted by Gasteiger charge is -2.14. The van der Waals surface area contributed by atoms with Crippen LogP contribution in [-0.2, 0) is 4.74 Å². The third-order valence-corrected chi connectivity index (χ3v) is 1.59. The highest BCUT2D eigenvalue weighted by molar-refractivity contribution is 5.25. The van der Waals surface area contributed by atoms with Gasteiger partial charge in [-0.3, -0.25) is 0 Å². The van der Waals surface area contributed by atoms with E-state index in [9.17, 15) is 0 Å². The zero-order valence-electron chi connectivity index (χ0n) is 7.87. The van der Waals surface area contributed by atoms with Crippen LogP contribution in [0, 0.1) is 6.10 Å². The lowest BCUT2D eigenvalue weighted by atomic mass is 10.1. The van der Waals surface area contributed by atoms with Gasteiger partial charge in [-0.15, -0.1) is 0 Å². The fourth-order valence-electron chi connectivity index (χ4n) is 1.09. The van der Waals surface area contributed by atoms with Crippen LogP contribution < -0.4 is 0 Å². The summed E-state index contributed by atoms with van der Waals surface area (Å²) in [5, 5.41) is 0. The Morgan fingerprint density at radius 3 is 2.25 bits per heavy atom. The maximum absolute atomic E-state index is 5.55. The van der Waals surface area contributed by atoms with Crippen molar-refractivity contribution in [1.82, 2.24) is 0 Å². The molecule has 0 aromatic heterocycles. The average Bonchev–Trinajstić information content (AvgIpc) is 2.05. The Morgan fingerprint density at radius 2 is 1.75 bits per heavy atom. The molecule has 0 amide bonds. The monoisotopic (exact) mass is 163 g/mol. The summed E-state index contributed by atoms with van der Waals surface area (Å²) in [4.78, 5) is 0. The smallest absolute Gasteiger partial charge is 0.123 e. The minimum absolute atomic E-state index is 0.255. The van der Waals surface area contributed by atoms with E-state index in [-0.39, 0.29) is 6.10 Å². The van der Waals surface area contributed by atoms with Gasteiger partial charge in [-0.2, -0.15) is 0 Å². The maximum atomic E-state index is 5.55. The highest BCUT2D eigenvalue weighted by Gasteiger charge is 2.07. The van der Waals surface area contributed by atoms with Gasteiger partial charge in [-0.1, -0.05) is 30.3 Å². The third-order valence-electron chi connectivity index (χ3n) is 1.59. The van der Waals surface area contributed by atoms with Gasteiger partial charge in [0.1, 0.15) is 6.10 Å². The van der Waals surface area contributed by atoms with Gasteiger partial charge >= 0.3 is 0 Å². The van der Waals surface area contributed by atoms with Crippen LogP contribution in [0.15, 0.2) is 30.3 Å². The largest absolute Gasteiger partial charge is 0.365 e. The van der Waals surface area contributed by atoms with Crippen molar-refractivity contribution in [3.63, 3.8) is 0 Å². The molecule has 0 atom stereocenters. The first-order valence-electron chi connectivity index (χ1n) is 4.26. The van der Waals surface area contributed by atoms with E-state index in [2.05, 4.69) is 12.1 Å². The Morgan fingerprint density at radius 1 is 1.17 bits per heavy atom. The molecular weight excluding hydrogens is 148 g/mol. The van der Waals surface area contributed by atoms with Gasteiger partial charge in [-0.25, -0.2) is 0 Å². The molecule has 0 saturated carbocycles. The normalized spacial score (nSPS) is 11.1. The second-order valence-electron chi connectivity index (χ2n) is 3.09. The number of hydrogen-bond donors (Lipinski definition) is 0. The highest BCUT2D eigenvalue weighted by atomic mass is 16.5. The molecule has 0 N–H and O–H groups in total. The molecule has 0 aliphatic carbocycles. The molecule has 0 fully saturated rings. The lowest BCUT2D eigenvalue weighted by Crippen LogP contribution is -2.07. The van der Waals surface area contributed by atoms with Crippen LogP contribution in [0.4, 0.5) is 0 Å². The topological polar surface area (TPSA) is 9.23 Å². The molecule has 0 saturated heterocycles. The first-order chi connectivity index (χ1) is 5.70. The van der Waals surface area contributed by atoms with E-state index in [0.29, 0.717) is 0 Å². The second kappa shape index (κ2) is 4.27. The van der Waals surface area contributed by atoms with Gasteiger partial charge < -0.3 is 4.74 Å². The molecule has 1 aromatic carbocycles. The number of rotatable bonds is 3. The summed E-state index contributed by atoms with van der Waals surface area (Å²) in [5.41, 5.74) is 1.16. The Kier molecular flexibility index (Phi) is 3.30. The number of hydrogen-bond acceptors (Lipinski definition) is 1. The van der Waals surface area contributed by atoms with Crippen molar-refractivity contribution in [3.05, 3.63) is 42.0 Å². The van der Waals surface area contributed by atoms with Crippen molar-refractivity contribution in [1.29, 1.82) is 0 Å². The van der Waals surface area contributed by atoms with Gasteiger partial charge in [0.05, 0.1) is 6.10 Å². The third kappa shape index (κ3) is 2.67. The van der Waals surface area contributed by atoms with Crippen molar-refractivity contribution in [2.24, 2.45) is 0 Å². The lowest BCUT2D eigenvalue weighted by molar-refractivity contribution is 0.107. The maximum Gasteiger partial charge on any atom is 0.123 e. The molecule has 0 aliphatic heterocycles. The summed E-state index contributed by atoms with van der Waals surface area (Å²) < 4.78 is 5.55. The Bertz CT molecular complexity index is 216. The van der Waals surface area contributed by atoms with E-state index in [1.807, 2.05) is 39.0 Å². The number of benzene rings is 1. The SMILES string of the molecule is C[C](OC(C)C)c1ccccc1. The fraction of sp³-hybridized carbons (Fsp3) is 0.364. The minimum atomic E-state index is 0.255. The Labute approximate surface area is 74.4 Å². The van der Waals surface area contributed by atoms with Crippen molar-refractivity contribution >= 4 is 0 Å². The molecule has 0 heterocycles. The van der Waals surface area contributed by atoms with Crippen LogP contribution in [-0.4, -0.2) is 6.10 Å². The number of ether oxygens (including phenoxy) is 1. The standard InChI is InChI=1S/C11H15O/c1-9(2)12-10(3)11-7-5-4-6-8-11/h4-9H,1-3H3. The zero-order chi connectivity index (χ0) is 8.97. The highest BCUT2D eigenvalue weighted by Crippen LogP contribution is 2.16. The molecule has 65 valence electrons. The molecule has 0 spiro atoms. The summed E-state index contributed by atoms with van der Waals surface area (Å²) in [5.74, 6) is 0. The van der Waals surface area contributed by atoms with Gasteiger partial charge in [0.15, 0.2) is 0 Å². The van der Waals surface area contributed by atoms with E-state index in [4.69, 9.17) is 4.74 Å². The van der Waals surface area contributed by atoms with E-state index >= 15 is 0 Å². The molecular formula is C11H15O. The average molecular weight is 163 g/mol. The summed E-state index contributed by atoms with van der Waals surface area (Å²) in [6.07, 6.45) is 1.25. The quantitative estimate of drug-likeness (QED) is 0.665. The molecule has 0 aliphatic rings. The summed E-state index contributed by atoms with van der Waals surface area (Å²) in [7, 11) is 0. The first-order valence-corrected chi connectivity index (χ1v) is 4.26. The molecule has 1 heteroatoms. The van der Waals surface area contributed by atoms with Crippen LogP contribution in [0.1, 0.15) is 26.3 Å². The van der Waals surface area contributed by atoms with E-state index < -0.39 is 0 Å². The van der Waals surface area contributed by atoms with Crippen LogP contribution >= 0.6 is 0 Å². The van der Waals surface area contributed by atoms with Crippen molar-refractivity contribution < 1.29 is 4.74 Å². The van der Waals surface area contributed by atoms with Gasteiger partial charge in [0.2, 0.25) is 0 Å². The second-order valence-corrected chi connectivity index (χ2v) is 3.09. The van der Waals surface area contributed by atoms with Crippen molar-refractivity contribution in [2.75, 3.05) is 0 Å². The predicted molar refractivity (Wildman–Crippen MR) is 50.7 cm³/mol. The zero-order valence-corrected chi connectivity index (χ0v) is 7.87. The minimum Gasteiger partial charge on any atom is -0.365 e. The van der Waals surface area contributed by atoms with Crippen LogP contribution in [0.3, 0.4) is 0 Å². The van der Waals surface area contributed by atoms with E-state index in [1.54, 1.807) is 0 Å².